The second-order valence-electron chi connectivity index (χ2n) is 10.7. The maximum Gasteiger partial charge on any atom is 0.222 e. The Hall–Kier alpha value is -1.65. The summed E-state index contributed by atoms with van der Waals surface area (Å²) in [6, 6.07) is 2.17. The largest absolute Gasteiger partial charge is 0.356 e. The Labute approximate surface area is 170 Å². The number of amides is 1. The Morgan fingerprint density at radius 3 is 2.11 bits per heavy atom. The smallest absolute Gasteiger partial charge is 0.222 e. The summed E-state index contributed by atoms with van der Waals surface area (Å²) in [6.45, 7) is 17.0. The minimum absolute atomic E-state index is 0.00183. The van der Waals surface area contributed by atoms with Gasteiger partial charge in [0.2, 0.25) is 5.91 Å². The molecule has 0 aliphatic carbocycles. The third-order valence-electron chi connectivity index (χ3n) is 6.01. The lowest BCUT2D eigenvalue weighted by Gasteiger charge is -2.34. The number of rotatable bonds is 3. The van der Waals surface area contributed by atoms with Gasteiger partial charge in [0.25, 0.3) is 0 Å². The molecule has 0 N–H and O–H groups in total. The molecule has 2 saturated heterocycles. The second kappa shape index (κ2) is 8.00. The lowest BCUT2D eigenvalue weighted by molar-refractivity contribution is -0.131. The zero-order valence-corrected chi connectivity index (χ0v) is 18.7. The first-order valence-electron chi connectivity index (χ1n) is 11.0. The monoisotopic (exact) mass is 386 g/mol. The van der Waals surface area contributed by atoms with Crippen molar-refractivity contribution in [2.45, 2.75) is 84.5 Å². The van der Waals surface area contributed by atoms with E-state index >= 15 is 0 Å². The number of hydrogen-bond donors (Lipinski definition) is 0. The van der Waals surface area contributed by atoms with Crippen molar-refractivity contribution >= 4 is 11.7 Å². The van der Waals surface area contributed by atoms with Crippen molar-refractivity contribution in [1.29, 1.82) is 0 Å². The van der Waals surface area contributed by atoms with E-state index in [4.69, 9.17) is 9.97 Å². The summed E-state index contributed by atoms with van der Waals surface area (Å²) in [5.41, 5.74) is 1.03. The molecule has 1 aromatic rings. The first-order chi connectivity index (χ1) is 13.0. The van der Waals surface area contributed by atoms with Crippen molar-refractivity contribution in [3.63, 3.8) is 0 Å². The lowest BCUT2D eigenvalue weighted by atomic mass is 9.89. The summed E-state index contributed by atoms with van der Waals surface area (Å²) in [4.78, 5) is 26.7. The van der Waals surface area contributed by atoms with Gasteiger partial charge in [0, 0.05) is 49.5 Å². The van der Waals surface area contributed by atoms with E-state index in [2.05, 4.69) is 57.4 Å². The Bertz CT molecular complexity index is 655. The SMILES string of the molecule is CC(C)(C)c1cc(N2CCC(CC(=O)N3CCCC3)CC2)nc(C(C)(C)C)n1. The molecule has 0 spiro atoms. The number of carbonyl (C=O) groups excluding carboxylic acids is 1. The fourth-order valence-electron chi connectivity index (χ4n) is 4.02. The number of hydrogen-bond acceptors (Lipinski definition) is 4. The number of nitrogens with zero attached hydrogens (tertiary/aromatic N) is 4. The average molecular weight is 387 g/mol. The third kappa shape index (κ3) is 5.03. The summed E-state index contributed by atoms with van der Waals surface area (Å²) in [7, 11) is 0. The van der Waals surface area contributed by atoms with Crippen LogP contribution >= 0.6 is 0 Å². The van der Waals surface area contributed by atoms with Crippen LogP contribution in [-0.2, 0) is 15.6 Å². The van der Waals surface area contributed by atoms with E-state index in [1.807, 2.05) is 0 Å². The van der Waals surface area contributed by atoms with Gasteiger partial charge in [-0.25, -0.2) is 9.97 Å². The molecule has 0 atom stereocenters. The fourth-order valence-corrected chi connectivity index (χ4v) is 4.02. The predicted octanol–water partition coefficient (Wildman–Crippen LogP) is 4.30. The van der Waals surface area contributed by atoms with E-state index in [9.17, 15) is 4.79 Å². The summed E-state index contributed by atoms with van der Waals surface area (Å²) in [5.74, 6) is 2.84. The van der Waals surface area contributed by atoms with Gasteiger partial charge in [-0.1, -0.05) is 41.5 Å². The van der Waals surface area contributed by atoms with Crippen molar-refractivity contribution in [2.24, 2.45) is 5.92 Å². The predicted molar refractivity (Wildman–Crippen MR) is 115 cm³/mol. The van der Waals surface area contributed by atoms with Crippen molar-refractivity contribution in [1.82, 2.24) is 14.9 Å². The molecule has 28 heavy (non-hydrogen) atoms. The Morgan fingerprint density at radius 1 is 0.964 bits per heavy atom. The molecule has 2 fully saturated rings. The normalized spacial score (nSPS) is 19.4. The van der Waals surface area contributed by atoms with E-state index < -0.39 is 0 Å². The van der Waals surface area contributed by atoms with Gasteiger partial charge in [0.05, 0.1) is 5.69 Å². The van der Waals surface area contributed by atoms with E-state index in [0.717, 1.165) is 62.8 Å². The van der Waals surface area contributed by atoms with Gasteiger partial charge in [0.1, 0.15) is 11.6 Å². The standard InChI is InChI=1S/C23H38N4O/c1-22(2,3)18-16-19(25-21(24-18)23(4,5)6)26-13-9-17(10-14-26)15-20(28)27-11-7-8-12-27/h16-17H,7-15H2,1-6H3. The summed E-state index contributed by atoms with van der Waals surface area (Å²) < 4.78 is 0. The molecular formula is C23H38N4O. The van der Waals surface area contributed by atoms with E-state index in [0.29, 0.717) is 11.8 Å². The van der Waals surface area contributed by atoms with Crippen LogP contribution in [0.25, 0.3) is 0 Å². The Balaban J connectivity index is 1.68. The molecule has 0 unspecified atom stereocenters. The van der Waals surface area contributed by atoms with Crippen molar-refractivity contribution < 1.29 is 4.79 Å². The molecule has 156 valence electrons. The highest BCUT2D eigenvalue weighted by Crippen LogP contribution is 2.31. The first kappa shape index (κ1) is 21.1. The van der Waals surface area contributed by atoms with Crippen molar-refractivity contribution in [3.05, 3.63) is 17.6 Å². The summed E-state index contributed by atoms with van der Waals surface area (Å²) >= 11 is 0. The molecule has 2 aliphatic rings. The zero-order valence-electron chi connectivity index (χ0n) is 18.7. The topological polar surface area (TPSA) is 49.3 Å². The zero-order chi connectivity index (χ0) is 20.5. The van der Waals surface area contributed by atoms with Gasteiger partial charge in [-0.2, -0.15) is 0 Å². The number of anilines is 1. The van der Waals surface area contributed by atoms with E-state index in [-0.39, 0.29) is 10.8 Å². The number of aromatic nitrogens is 2. The van der Waals surface area contributed by atoms with Crippen LogP contribution < -0.4 is 4.90 Å². The van der Waals surface area contributed by atoms with Gasteiger partial charge in [0.15, 0.2) is 0 Å². The number of piperidine rings is 1. The summed E-state index contributed by atoms with van der Waals surface area (Å²) in [6.07, 6.45) is 5.20. The first-order valence-corrected chi connectivity index (χ1v) is 11.0. The molecule has 3 heterocycles. The molecular weight excluding hydrogens is 348 g/mol. The van der Waals surface area contributed by atoms with Gasteiger partial charge in [-0.15, -0.1) is 0 Å². The van der Waals surface area contributed by atoms with Crippen LogP contribution in [0.2, 0.25) is 0 Å². The van der Waals surface area contributed by atoms with Gasteiger partial charge >= 0.3 is 0 Å². The Kier molecular flexibility index (Phi) is 6.02. The van der Waals surface area contributed by atoms with E-state index in [1.54, 1.807) is 0 Å². The molecule has 2 aliphatic heterocycles. The molecule has 1 aromatic heterocycles. The van der Waals surface area contributed by atoms with Crippen LogP contribution in [0, 0.1) is 5.92 Å². The average Bonchev–Trinajstić information content (AvgIpc) is 3.15. The van der Waals surface area contributed by atoms with Crippen LogP contribution in [-0.4, -0.2) is 47.0 Å². The van der Waals surface area contributed by atoms with Crippen LogP contribution in [0.1, 0.15) is 85.2 Å². The minimum Gasteiger partial charge on any atom is -0.356 e. The quantitative estimate of drug-likeness (QED) is 0.777. The minimum atomic E-state index is -0.0729. The van der Waals surface area contributed by atoms with Crippen molar-refractivity contribution in [2.75, 3.05) is 31.1 Å². The lowest BCUT2D eigenvalue weighted by Crippen LogP contribution is -2.37. The van der Waals surface area contributed by atoms with Crippen LogP contribution in [0.5, 0.6) is 0 Å². The maximum atomic E-state index is 12.5. The molecule has 1 amide bonds. The molecule has 5 nitrogen and oxygen atoms in total. The highest BCUT2D eigenvalue weighted by molar-refractivity contribution is 5.76. The van der Waals surface area contributed by atoms with Gasteiger partial charge < -0.3 is 9.80 Å². The molecule has 0 aromatic carbocycles. The van der Waals surface area contributed by atoms with Gasteiger partial charge in [-0.3, -0.25) is 4.79 Å². The van der Waals surface area contributed by atoms with Crippen LogP contribution in [0.15, 0.2) is 6.07 Å². The molecule has 0 bridgehead atoms. The molecule has 5 heteroatoms. The van der Waals surface area contributed by atoms with Crippen molar-refractivity contribution in [3.8, 4) is 0 Å². The molecule has 3 rings (SSSR count). The highest BCUT2D eigenvalue weighted by Gasteiger charge is 2.28. The van der Waals surface area contributed by atoms with E-state index in [1.165, 1.54) is 12.8 Å². The Morgan fingerprint density at radius 2 is 1.57 bits per heavy atom. The van der Waals surface area contributed by atoms with Gasteiger partial charge in [-0.05, 0) is 31.6 Å². The molecule has 0 saturated carbocycles. The number of likely N-dealkylation sites (tertiary alicyclic amines) is 1. The second-order valence-corrected chi connectivity index (χ2v) is 10.7. The fraction of sp³-hybridized carbons (Fsp3) is 0.783. The molecule has 0 radical (unpaired) electrons. The van der Waals surface area contributed by atoms with Crippen LogP contribution in [0.3, 0.4) is 0 Å². The van der Waals surface area contributed by atoms with Crippen LogP contribution in [0.4, 0.5) is 5.82 Å². The highest BCUT2D eigenvalue weighted by atomic mass is 16.2. The maximum absolute atomic E-state index is 12.5. The summed E-state index contributed by atoms with van der Waals surface area (Å²) in [5, 5.41) is 0. The number of carbonyl (C=O) groups is 1. The third-order valence-corrected chi connectivity index (χ3v) is 6.01.